The molecule has 3 N–H and O–H groups in total. The number of aromatic nitrogens is 4. The Balaban J connectivity index is 1.98. The van der Waals surface area contributed by atoms with E-state index in [4.69, 9.17) is 5.73 Å². The van der Waals surface area contributed by atoms with Gasteiger partial charge in [0, 0.05) is 31.8 Å². The summed E-state index contributed by atoms with van der Waals surface area (Å²) in [5.41, 5.74) is 7.75. The highest BCUT2D eigenvalue weighted by atomic mass is 15.2. The maximum absolute atomic E-state index is 5.80. The number of nitrogens with zero attached hydrogens (tertiary/aromatic N) is 4. The standard InChI is InChI=1S/C12H18N6/c1-8-11(13)15-9(2)16-12(8)14-6-4-10-5-7-18(3)17-10/h5,7H,4,6H2,1-3H3,(H3,13,14,15,16). The molecular formula is C12H18N6. The largest absolute Gasteiger partial charge is 0.383 e. The third kappa shape index (κ3) is 2.77. The van der Waals surface area contributed by atoms with Gasteiger partial charge in [0.25, 0.3) is 0 Å². The number of anilines is 2. The SMILES string of the molecule is Cc1nc(N)c(C)c(NCCc2ccn(C)n2)n1. The zero-order chi connectivity index (χ0) is 13.1. The summed E-state index contributed by atoms with van der Waals surface area (Å²) >= 11 is 0. The highest BCUT2D eigenvalue weighted by Gasteiger charge is 2.06. The van der Waals surface area contributed by atoms with Crippen LogP contribution in [0, 0.1) is 13.8 Å². The molecule has 0 amide bonds. The summed E-state index contributed by atoms with van der Waals surface area (Å²) in [6.07, 6.45) is 2.79. The zero-order valence-electron chi connectivity index (χ0n) is 10.9. The number of aryl methyl sites for hydroxylation is 2. The summed E-state index contributed by atoms with van der Waals surface area (Å²) < 4.78 is 1.80. The fourth-order valence-electron chi connectivity index (χ4n) is 1.73. The van der Waals surface area contributed by atoms with Crippen molar-refractivity contribution in [1.29, 1.82) is 0 Å². The Bertz CT molecular complexity index is 545. The van der Waals surface area contributed by atoms with Crippen molar-refractivity contribution in [2.75, 3.05) is 17.6 Å². The minimum atomic E-state index is 0.530. The van der Waals surface area contributed by atoms with E-state index in [9.17, 15) is 0 Å². The summed E-state index contributed by atoms with van der Waals surface area (Å²) in [4.78, 5) is 8.46. The fourth-order valence-corrected chi connectivity index (χ4v) is 1.73. The van der Waals surface area contributed by atoms with Crippen molar-refractivity contribution in [3.63, 3.8) is 0 Å². The summed E-state index contributed by atoms with van der Waals surface area (Å²) in [6.45, 7) is 4.52. The first-order chi connectivity index (χ1) is 8.56. The second kappa shape index (κ2) is 5.03. The van der Waals surface area contributed by atoms with Gasteiger partial charge in [-0.1, -0.05) is 0 Å². The van der Waals surface area contributed by atoms with Crippen molar-refractivity contribution in [3.05, 3.63) is 29.3 Å². The molecule has 0 saturated heterocycles. The van der Waals surface area contributed by atoms with Gasteiger partial charge in [0.05, 0.1) is 5.69 Å². The lowest BCUT2D eigenvalue weighted by molar-refractivity contribution is 0.741. The summed E-state index contributed by atoms with van der Waals surface area (Å²) in [7, 11) is 1.91. The van der Waals surface area contributed by atoms with Gasteiger partial charge in [-0.05, 0) is 19.9 Å². The molecule has 0 saturated carbocycles. The van der Waals surface area contributed by atoms with Crippen LogP contribution in [0.2, 0.25) is 0 Å². The van der Waals surface area contributed by atoms with Crippen LogP contribution in [0.4, 0.5) is 11.6 Å². The molecule has 2 rings (SSSR count). The summed E-state index contributed by atoms with van der Waals surface area (Å²) in [5, 5.41) is 7.59. The molecule has 18 heavy (non-hydrogen) atoms. The molecule has 0 spiro atoms. The number of hydrogen-bond acceptors (Lipinski definition) is 5. The molecule has 2 aromatic heterocycles. The Morgan fingerprint density at radius 3 is 2.78 bits per heavy atom. The van der Waals surface area contributed by atoms with E-state index in [1.165, 1.54) is 0 Å². The third-order valence-corrected chi connectivity index (χ3v) is 2.74. The first kappa shape index (κ1) is 12.3. The van der Waals surface area contributed by atoms with Crippen LogP contribution in [0.5, 0.6) is 0 Å². The van der Waals surface area contributed by atoms with Crippen LogP contribution in [0.15, 0.2) is 12.3 Å². The van der Waals surface area contributed by atoms with E-state index in [1.54, 1.807) is 4.68 Å². The van der Waals surface area contributed by atoms with E-state index in [0.717, 1.165) is 30.0 Å². The predicted molar refractivity (Wildman–Crippen MR) is 71.3 cm³/mol. The molecule has 0 fully saturated rings. The molecule has 6 heteroatoms. The van der Waals surface area contributed by atoms with Gasteiger partial charge in [0.2, 0.25) is 0 Å². The molecule has 0 radical (unpaired) electrons. The highest BCUT2D eigenvalue weighted by molar-refractivity contribution is 5.54. The van der Waals surface area contributed by atoms with Gasteiger partial charge in [0.15, 0.2) is 0 Å². The number of nitrogens with one attached hydrogen (secondary N) is 1. The molecule has 0 atom stereocenters. The summed E-state index contributed by atoms with van der Waals surface area (Å²) in [6, 6.07) is 2.01. The van der Waals surface area contributed by atoms with Crippen LogP contribution in [0.25, 0.3) is 0 Å². The number of nitrogen functional groups attached to an aromatic ring is 1. The molecule has 0 bridgehead atoms. The molecule has 2 aromatic rings. The van der Waals surface area contributed by atoms with Crippen molar-refractivity contribution in [2.45, 2.75) is 20.3 Å². The molecule has 0 unspecified atom stereocenters. The molecular weight excluding hydrogens is 228 g/mol. The van der Waals surface area contributed by atoms with E-state index < -0.39 is 0 Å². The van der Waals surface area contributed by atoms with Crippen molar-refractivity contribution >= 4 is 11.6 Å². The number of nitrogens with two attached hydrogens (primary N) is 1. The van der Waals surface area contributed by atoms with Crippen molar-refractivity contribution < 1.29 is 0 Å². The van der Waals surface area contributed by atoms with Crippen LogP contribution < -0.4 is 11.1 Å². The Labute approximate surface area is 106 Å². The molecule has 0 aromatic carbocycles. The van der Waals surface area contributed by atoms with Gasteiger partial charge < -0.3 is 11.1 Å². The van der Waals surface area contributed by atoms with Gasteiger partial charge in [-0.2, -0.15) is 5.10 Å². The lowest BCUT2D eigenvalue weighted by atomic mass is 10.3. The van der Waals surface area contributed by atoms with Gasteiger partial charge in [-0.25, -0.2) is 9.97 Å². The third-order valence-electron chi connectivity index (χ3n) is 2.74. The first-order valence-corrected chi connectivity index (χ1v) is 5.89. The number of hydrogen-bond donors (Lipinski definition) is 2. The van der Waals surface area contributed by atoms with Crippen molar-refractivity contribution in [3.8, 4) is 0 Å². The van der Waals surface area contributed by atoms with Gasteiger partial charge in [-0.3, -0.25) is 4.68 Å². The van der Waals surface area contributed by atoms with E-state index in [-0.39, 0.29) is 0 Å². The van der Waals surface area contributed by atoms with Crippen LogP contribution >= 0.6 is 0 Å². The maximum atomic E-state index is 5.80. The Kier molecular flexibility index (Phi) is 3.45. The zero-order valence-corrected chi connectivity index (χ0v) is 10.9. The van der Waals surface area contributed by atoms with Crippen molar-refractivity contribution in [2.24, 2.45) is 7.05 Å². The molecule has 0 aliphatic rings. The van der Waals surface area contributed by atoms with E-state index >= 15 is 0 Å². The molecule has 0 aliphatic heterocycles. The van der Waals surface area contributed by atoms with Crippen molar-refractivity contribution in [1.82, 2.24) is 19.7 Å². The molecule has 0 aliphatic carbocycles. The quantitative estimate of drug-likeness (QED) is 0.843. The Morgan fingerprint density at radius 2 is 2.11 bits per heavy atom. The molecule has 6 nitrogen and oxygen atoms in total. The first-order valence-electron chi connectivity index (χ1n) is 5.89. The van der Waals surface area contributed by atoms with Gasteiger partial charge in [0.1, 0.15) is 17.5 Å². The second-order valence-electron chi connectivity index (χ2n) is 4.29. The van der Waals surface area contributed by atoms with Crippen LogP contribution in [-0.4, -0.2) is 26.3 Å². The van der Waals surface area contributed by atoms with E-state index in [2.05, 4.69) is 20.4 Å². The second-order valence-corrected chi connectivity index (χ2v) is 4.29. The Morgan fingerprint density at radius 1 is 1.33 bits per heavy atom. The van der Waals surface area contributed by atoms with E-state index in [1.807, 2.05) is 33.2 Å². The predicted octanol–water partition coefficient (Wildman–Crippen LogP) is 1.06. The smallest absolute Gasteiger partial charge is 0.134 e. The average molecular weight is 246 g/mol. The van der Waals surface area contributed by atoms with Gasteiger partial charge >= 0.3 is 0 Å². The van der Waals surface area contributed by atoms with Crippen LogP contribution in [-0.2, 0) is 13.5 Å². The number of rotatable bonds is 4. The minimum absolute atomic E-state index is 0.530. The monoisotopic (exact) mass is 246 g/mol. The fraction of sp³-hybridized carbons (Fsp3) is 0.417. The lowest BCUT2D eigenvalue weighted by Crippen LogP contribution is -2.11. The minimum Gasteiger partial charge on any atom is -0.383 e. The highest BCUT2D eigenvalue weighted by Crippen LogP contribution is 2.16. The van der Waals surface area contributed by atoms with E-state index in [0.29, 0.717) is 11.6 Å². The topological polar surface area (TPSA) is 81.6 Å². The maximum Gasteiger partial charge on any atom is 0.134 e. The van der Waals surface area contributed by atoms with Crippen LogP contribution in [0.3, 0.4) is 0 Å². The molecule has 2 heterocycles. The lowest BCUT2D eigenvalue weighted by Gasteiger charge is -2.10. The van der Waals surface area contributed by atoms with Crippen LogP contribution in [0.1, 0.15) is 17.1 Å². The normalized spacial score (nSPS) is 10.6. The Hall–Kier alpha value is -2.11. The summed E-state index contributed by atoms with van der Waals surface area (Å²) in [5.74, 6) is 2.01. The average Bonchev–Trinajstić information content (AvgIpc) is 2.71. The van der Waals surface area contributed by atoms with Gasteiger partial charge in [-0.15, -0.1) is 0 Å². The molecule has 96 valence electrons.